The Morgan fingerprint density at radius 2 is 2.55 bits per heavy atom. The van der Waals surface area contributed by atoms with Gasteiger partial charge in [0.2, 0.25) is 5.28 Å². The quantitative estimate of drug-likeness (QED) is 0.640. The van der Waals surface area contributed by atoms with Crippen LogP contribution in [0.2, 0.25) is 5.28 Å². The largest absolute Gasteiger partial charge is 0.323 e. The molecule has 0 saturated heterocycles. The average Bonchev–Trinajstić information content (AvgIpc) is 2.35. The number of aromatic nitrogens is 2. The second-order valence-electron chi connectivity index (χ2n) is 2.85. The highest BCUT2D eigenvalue weighted by molar-refractivity contribution is 6.28. The zero-order chi connectivity index (χ0) is 7.84. The highest BCUT2D eigenvalue weighted by Crippen LogP contribution is 2.25. The van der Waals surface area contributed by atoms with Crippen molar-refractivity contribution in [3.63, 3.8) is 0 Å². The van der Waals surface area contributed by atoms with Gasteiger partial charge >= 0.3 is 0 Å². The van der Waals surface area contributed by atoms with E-state index in [0.29, 0.717) is 5.28 Å². The maximum Gasteiger partial charge on any atom is 0.202 e. The highest BCUT2D eigenvalue weighted by Gasteiger charge is 2.18. The number of imidazole rings is 1. The third-order valence-corrected chi connectivity index (χ3v) is 2.42. The van der Waals surface area contributed by atoms with Gasteiger partial charge in [0.25, 0.3) is 0 Å². The molecule has 3 nitrogen and oxygen atoms in total. The standard InChI is InChI=1S/C7H10ClN3/c8-7-10-4-6-5(9)2-1-3-11(6)7/h4-5H,1-3,9H2. The number of nitrogens with two attached hydrogens (primary N) is 1. The molecule has 0 fully saturated rings. The number of fused-ring (bicyclic) bond motifs is 1. The monoisotopic (exact) mass is 171 g/mol. The van der Waals surface area contributed by atoms with Crippen LogP contribution in [-0.4, -0.2) is 9.55 Å². The zero-order valence-corrected chi connectivity index (χ0v) is 6.88. The Kier molecular flexibility index (Phi) is 1.62. The Morgan fingerprint density at radius 3 is 3.27 bits per heavy atom. The molecule has 0 amide bonds. The Morgan fingerprint density at radius 1 is 1.73 bits per heavy atom. The molecule has 11 heavy (non-hydrogen) atoms. The van der Waals surface area contributed by atoms with Crippen LogP contribution in [0.5, 0.6) is 0 Å². The molecule has 1 aliphatic rings. The van der Waals surface area contributed by atoms with E-state index in [4.69, 9.17) is 17.3 Å². The number of nitrogens with zero attached hydrogens (tertiary/aromatic N) is 2. The first kappa shape index (κ1) is 7.13. The molecular weight excluding hydrogens is 162 g/mol. The topological polar surface area (TPSA) is 43.8 Å². The van der Waals surface area contributed by atoms with Crippen LogP contribution >= 0.6 is 11.6 Å². The molecule has 1 aromatic heterocycles. The lowest BCUT2D eigenvalue weighted by atomic mass is 10.1. The van der Waals surface area contributed by atoms with E-state index in [2.05, 4.69) is 4.98 Å². The van der Waals surface area contributed by atoms with E-state index >= 15 is 0 Å². The van der Waals surface area contributed by atoms with E-state index in [-0.39, 0.29) is 6.04 Å². The van der Waals surface area contributed by atoms with E-state index < -0.39 is 0 Å². The summed E-state index contributed by atoms with van der Waals surface area (Å²) in [7, 11) is 0. The number of halogens is 1. The van der Waals surface area contributed by atoms with E-state index in [0.717, 1.165) is 25.1 Å². The smallest absolute Gasteiger partial charge is 0.202 e. The lowest BCUT2D eigenvalue weighted by molar-refractivity contribution is 0.463. The van der Waals surface area contributed by atoms with Crippen molar-refractivity contribution in [3.05, 3.63) is 17.2 Å². The number of rotatable bonds is 0. The molecule has 0 radical (unpaired) electrons. The summed E-state index contributed by atoms with van der Waals surface area (Å²) in [6, 6.07) is 0.128. The van der Waals surface area contributed by atoms with Crippen molar-refractivity contribution in [1.29, 1.82) is 0 Å². The Hall–Kier alpha value is -0.540. The second kappa shape index (κ2) is 2.50. The van der Waals surface area contributed by atoms with Gasteiger partial charge < -0.3 is 10.3 Å². The van der Waals surface area contributed by atoms with E-state index in [9.17, 15) is 0 Å². The fourth-order valence-electron chi connectivity index (χ4n) is 1.50. The molecule has 1 unspecified atom stereocenters. The van der Waals surface area contributed by atoms with Crippen LogP contribution in [0.25, 0.3) is 0 Å². The first-order valence-electron chi connectivity index (χ1n) is 3.75. The molecule has 2 heterocycles. The summed E-state index contributed by atoms with van der Waals surface area (Å²) in [4.78, 5) is 4.00. The molecule has 0 aliphatic carbocycles. The summed E-state index contributed by atoms with van der Waals surface area (Å²) in [6.45, 7) is 0.960. The van der Waals surface area contributed by atoms with Crippen molar-refractivity contribution >= 4 is 11.6 Å². The molecule has 1 aliphatic heterocycles. The minimum Gasteiger partial charge on any atom is -0.323 e. The van der Waals surface area contributed by atoms with Gasteiger partial charge in [-0.3, -0.25) is 0 Å². The third-order valence-electron chi connectivity index (χ3n) is 2.11. The Labute approximate surface area is 70.2 Å². The van der Waals surface area contributed by atoms with Gasteiger partial charge in [-0.15, -0.1) is 0 Å². The van der Waals surface area contributed by atoms with E-state index in [1.807, 2.05) is 4.57 Å². The van der Waals surface area contributed by atoms with Gasteiger partial charge in [-0.25, -0.2) is 4.98 Å². The summed E-state index contributed by atoms with van der Waals surface area (Å²) in [5.41, 5.74) is 6.91. The van der Waals surface area contributed by atoms with Gasteiger partial charge in [-0.1, -0.05) is 0 Å². The fraction of sp³-hybridized carbons (Fsp3) is 0.571. The number of hydrogen-bond donors (Lipinski definition) is 1. The van der Waals surface area contributed by atoms with Crippen LogP contribution in [-0.2, 0) is 6.54 Å². The van der Waals surface area contributed by atoms with Crippen molar-refractivity contribution < 1.29 is 0 Å². The maximum absolute atomic E-state index is 5.84. The normalized spacial score (nSPS) is 23.3. The van der Waals surface area contributed by atoms with E-state index in [1.54, 1.807) is 6.20 Å². The van der Waals surface area contributed by atoms with Gasteiger partial charge in [0.15, 0.2) is 0 Å². The van der Waals surface area contributed by atoms with Crippen LogP contribution < -0.4 is 5.73 Å². The summed E-state index contributed by atoms with van der Waals surface area (Å²) in [6.07, 6.45) is 3.92. The second-order valence-corrected chi connectivity index (χ2v) is 3.19. The van der Waals surface area contributed by atoms with Crippen molar-refractivity contribution in [2.45, 2.75) is 25.4 Å². The van der Waals surface area contributed by atoms with E-state index in [1.165, 1.54) is 0 Å². The first-order chi connectivity index (χ1) is 5.29. The molecule has 2 N–H and O–H groups in total. The SMILES string of the molecule is NC1CCCn2c1cnc2Cl. The van der Waals surface area contributed by atoms with Crippen LogP contribution in [0, 0.1) is 0 Å². The third kappa shape index (κ3) is 1.04. The molecule has 1 aromatic rings. The summed E-state index contributed by atoms with van der Waals surface area (Å²) in [5, 5.41) is 0.565. The van der Waals surface area contributed by atoms with Crippen molar-refractivity contribution in [2.75, 3.05) is 0 Å². The number of hydrogen-bond acceptors (Lipinski definition) is 2. The summed E-state index contributed by atoms with van der Waals surface area (Å²) in [5.74, 6) is 0. The Balaban J connectivity index is 2.46. The van der Waals surface area contributed by atoms with Crippen LogP contribution in [0.3, 0.4) is 0 Å². The molecule has 1 atom stereocenters. The van der Waals surface area contributed by atoms with Gasteiger partial charge in [-0.2, -0.15) is 0 Å². The fourth-order valence-corrected chi connectivity index (χ4v) is 1.73. The van der Waals surface area contributed by atoms with Gasteiger partial charge in [0.05, 0.1) is 11.9 Å². The predicted octanol–water partition coefficient (Wildman–Crippen LogP) is 1.33. The minimum absolute atomic E-state index is 0.128. The molecule has 0 bridgehead atoms. The molecule has 2 rings (SSSR count). The predicted molar refractivity (Wildman–Crippen MR) is 43.4 cm³/mol. The van der Waals surface area contributed by atoms with Gasteiger partial charge in [-0.05, 0) is 24.4 Å². The zero-order valence-electron chi connectivity index (χ0n) is 6.13. The first-order valence-corrected chi connectivity index (χ1v) is 4.13. The Bertz CT molecular complexity index is 269. The van der Waals surface area contributed by atoms with Crippen LogP contribution in [0.4, 0.5) is 0 Å². The molecule has 0 spiro atoms. The molecule has 0 aromatic carbocycles. The van der Waals surface area contributed by atoms with Crippen molar-refractivity contribution in [1.82, 2.24) is 9.55 Å². The van der Waals surface area contributed by atoms with Crippen molar-refractivity contribution in [2.24, 2.45) is 5.73 Å². The lowest BCUT2D eigenvalue weighted by Gasteiger charge is -2.20. The van der Waals surface area contributed by atoms with Crippen molar-refractivity contribution in [3.8, 4) is 0 Å². The lowest BCUT2D eigenvalue weighted by Crippen LogP contribution is -2.21. The minimum atomic E-state index is 0.128. The van der Waals surface area contributed by atoms with Crippen LogP contribution in [0.15, 0.2) is 6.20 Å². The highest BCUT2D eigenvalue weighted by atomic mass is 35.5. The van der Waals surface area contributed by atoms with Gasteiger partial charge in [0.1, 0.15) is 0 Å². The van der Waals surface area contributed by atoms with Crippen LogP contribution in [0.1, 0.15) is 24.6 Å². The van der Waals surface area contributed by atoms with Gasteiger partial charge in [0, 0.05) is 12.6 Å². The molecule has 0 saturated carbocycles. The maximum atomic E-state index is 5.84. The summed E-state index contributed by atoms with van der Waals surface area (Å²) >= 11 is 5.82. The molecule has 4 heteroatoms. The molecular formula is C7H10ClN3. The molecule has 60 valence electrons. The average molecular weight is 172 g/mol. The summed E-state index contributed by atoms with van der Waals surface area (Å²) < 4.78 is 1.98.